The Morgan fingerprint density at radius 3 is 2.52 bits per heavy atom. The summed E-state index contributed by atoms with van der Waals surface area (Å²) in [7, 11) is 0. The van der Waals surface area contributed by atoms with Crippen molar-refractivity contribution < 1.29 is 13.9 Å². The standard InChI is InChI=1S/C18H24FN5O2.HI/c1-3-21-17(22-13-15-6-5-14(12-20)11-16(15)19)23-7-9-24(10-8-23)18(25)26-4-2;/h5-6,11H,3-4,7-10,13H2,1-2H3,(H,21,22);1H. The van der Waals surface area contributed by atoms with Crippen LogP contribution in [0.5, 0.6) is 0 Å². The summed E-state index contributed by atoms with van der Waals surface area (Å²) < 4.78 is 19.0. The third kappa shape index (κ3) is 6.53. The highest BCUT2D eigenvalue weighted by Gasteiger charge is 2.23. The average molecular weight is 489 g/mol. The summed E-state index contributed by atoms with van der Waals surface area (Å²) in [5, 5.41) is 12.0. The van der Waals surface area contributed by atoms with Gasteiger partial charge in [0, 0.05) is 38.3 Å². The minimum atomic E-state index is -0.434. The van der Waals surface area contributed by atoms with Crippen molar-refractivity contribution >= 4 is 36.0 Å². The number of rotatable bonds is 4. The smallest absolute Gasteiger partial charge is 0.409 e. The van der Waals surface area contributed by atoms with Crippen molar-refractivity contribution in [2.75, 3.05) is 39.3 Å². The maximum Gasteiger partial charge on any atom is 0.409 e. The fraction of sp³-hybridized carbons (Fsp3) is 0.500. The maximum absolute atomic E-state index is 14.0. The van der Waals surface area contributed by atoms with Crippen LogP contribution in [-0.2, 0) is 11.3 Å². The number of carbonyl (C=O) groups is 1. The van der Waals surface area contributed by atoms with Gasteiger partial charge in [-0.2, -0.15) is 5.26 Å². The van der Waals surface area contributed by atoms with Gasteiger partial charge >= 0.3 is 6.09 Å². The van der Waals surface area contributed by atoms with E-state index in [4.69, 9.17) is 10.00 Å². The van der Waals surface area contributed by atoms with Crippen molar-refractivity contribution in [3.8, 4) is 6.07 Å². The van der Waals surface area contributed by atoms with Crippen LogP contribution in [-0.4, -0.2) is 61.2 Å². The molecule has 1 aliphatic rings. The molecule has 1 heterocycles. The van der Waals surface area contributed by atoms with Crippen molar-refractivity contribution in [1.82, 2.24) is 15.1 Å². The van der Waals surface area contributed by atoms with Crippen molar-refractivity contribution in [2.24, 2.45) is 4.99 Å². The lowest BCUT2D eigenvalue weighted by Gasteiger charge is -2.35. The van der Waals surface area contributed by atoms with Crippen LogP contribution >= 0.6 is 24.0 Å². The molecule has 0 radical (unpaired) electrons. The zero-order valence-corrected chi connectivity index (χ0v) is 17.9. The largest absolute Gasteiger partial charge is 0.450 e. The number of benzene rings is 1. The Balaban J connectivity index is 0.00000364. The molecule has 0 aliphatic carbocycles. The molecule has 9 heteroatoms. The Labute approximate surface area is 176 Å². The van der Waals surface area contributed by atoms with E-state index in [0.29, 0.717) is 50.9 Å². The summed E-state index contributed by atoms with van der Waals surface area (Å²) in [6.07, 6.45) is -0.297. The summed E-state index contributed by atoms with van der Waals surface area (Å²) in [4.78, 5) is 20.0. The van der Waals surface area contributed by atoms with E-state index in [-0.39, 0.29) is 42.2 Å². The fourth-order valence-corrected chi connectivity index (χ4v) is 2.65. The van der Waals surface area contributed by atoms with Crippen LogP contribution in [0, 0.1) is 17.1 Å². The number of aliphatic imine (C=N–C) groups is 1. The van der Waals surface area contributed by atoms with Gasteiger partial charge in [-0.1, -0.05) is 6.07 Å². The number of ether oxygens (including phenoxy) is 1. The van der Waals surface area contributed by atoms with E-state index in [1.807, 2.05) is 17.9 Å². The van der Waals surface area contributed by atoms with Gasteiger partial charge in [-0.3, -0.25) is 0 Å². The van der Waals surface area contributed by atoms with E-state index in [2.05, 4.69) is 10.3 Å². The molecule has 27 heavy (non-hydrogen) atoms. The Kier molecular flexibility index (Phi) is 9.85. The first kappa shape index (κ1) is 23.0. The van der Waals surface area contributed by atoms with Gasteiger partial charge in [0.05, 0.1) is 24.8 Å². The Bertz CT molecular complexity index is 699. The van der Waals surface area contributed by atoms with Crippen molar-refractivity contribution in [3.05, 3.63) is 35.1 Å². The number of piperazine rings is 1. The highest BCUT2D eigenvalue weighted by Crippen LogP contribution is 2.12. The van der Waals surface area contributed by atoms with Gasteiger partial charge in [0.15, 0.2) is 5.96 Å². The number of halogens is 2. The number of carbonyl (C=O) groups excluding carboxylic acids is 1. The molecule has 148 valence electrons. The molecule has 7 nitrogen and oxygen atoms in total. The molecule has 1 N–H and O–H groups in total. The van der Waals surface area contributed by atoms with Crippen molar-refractivity contribution in [1.29, 1.82) is 5.26 Å². The molecular formula is C18H25FIN5O2. The Hall–Kier alpha value is -2.09. The van der Waals surface area contributed by atoms with E-state index in [1.54, 1.807) is 24.0 Å². The molecule has 0 saturated carbocycles. The van der Waals surface area contributed by atoms with E-state index < -0.39 is 5.82 Å². The van der Waals surface area contributed by atoms with Gasteiger partial charge in [0.1, 0.15) is 5.82 Å². The number of nitrogens with one attached hydrogen (secondary N) is 1. The number of hydrogen-bond donors (Lipinski definition) is 1. The summed E-state index contributed by atoms with van der Waals surface area (Å²) in [6.45, 7) is 7.33. The molecule has 1 saturated heterocycles. The van der Waals surface area contributed by atoms with Crippen LogP contribution in [0.15, 0.2) is 23.2 Å². The van der Waals surface area contributed by atoms with E-state index >= 15 is 0 Å². The van der Waals surface area contributed by atoms with Gasteiger partial charge in [0.25, 0.3) is 0 Å². The molecule has 1 aromatic carbocycles. The monoisotopic (exact) mass is 489 g/mol. The summed E-state index contributed by atoms with van der Waals surface area (Å²) >= 11 is 0. The minimum absolute atomic E-state index is 0. The highest BCUT2D eigenvalue weighted by atomic mass is 127. The first-order valence-electron chi connectivity index (χ1n) is 8.72. The molecule has 1 fully saturated rings. The number of nitriles is 1. The first-order chi connectivity index (χ1) is 12.6. The van der Waals surface area contributed by atoms with E-state index in [1.165, 1.54) is 6.07 Å². The fourth-order valence-electron chi connectivity index (χ4n) is 2.65. The predicted molar refractivity (Wildman–Crippen MR) is 112 cm³/mol. The van der Waals surface area contributed by atoms with Gasteiger partial charge in [0.2, 0.25) is 0 Å². The zero-order chi connectivity index (χ0) is 18.9. The quantitative estimate of drug-likeness (QED) is 0.400. The van der Waals surface area contributed by atoms with Crippen LogP contribution in [0.3, 0.4) is 0 Å². The first-order valence-corrected chi connectivity index (χ1v) is 8.72. The Morgan fingerprint density at radius 1 is 1.30 bits per heavy atom. The van der Waals surface area contributed by atoms with Crippen LogP contribution in [0.1, 0.15) is 25.0 Å². The number of nitrogens with zero attached hydrogens (tertiary/aromatic N) is 4. The second-order valence-electron chi connectivity index (χ2n) is 5.76. The molecule has 0 bridgehead atoms. The van der Waals surface area contributed by atoms with Gasteiger partial charge in [-0.25, -0.2) is 14.2 Å². The molecule has 1 aromatic rings. The van der Waals surface area contributed by atoms with Crippen molar-refractivity contribution in [2.45, 2.75) is 20.4 Å². The van der Waals surface area contributed by atoms with Crippen LogP contribution in [0.4, 0.5) is 9.18 Å². The number of guanidine groups is 1. The SMILES string of the molecule is CCNC(=NCc1ccc(C#N)cc1F)N1CCN(C(=O)OCC)CC1.I. The average Bonchev–Trinajstić information content (AvgIpc) is 2.66. The molecule has 0 spiro atoms. The summed E-state index contributed by atoms with van der Waals surface area (Å²) in [5.41, 5.74) is 0.724. The lowest BCUT2D eigenvalue weighted by Crippen LogP contribution is -2.53. The molecule has 2 rings (SSSR count). The van der Waals surface area contributed by atoms with Gasteiger partial charge < -0.3 is 19.9 Å². The second-order valence-corrected chi connectivity index (χ2v) is 5.76. The highest BCUT2D eigenvalue weighted by molar-refractivity contribution is 14.0. The third-order valence-electron chi connectivity index (χ3n) is 4.02. The number of amides is 1. The van der Waals surface area contributed by atoms with E-state index in [0.717, 1.165) is 0 Å². The molecule has 0 unspecified atom stereocenters. The van der Waals surface area contributed by atoms with Crippen LogP contribution in [0.2, 0.25) is 0 Å². The van der Waals surface area contributed by atoms with Gasteiger partial charge in [-0.05, 0) is 26.0 Å². The molecule has 0 atom stereocenters. The molecule has 0 aromatic heterocycles. The lowest BCUT2D eigenvalue weighted by atomic mass is 10.1. The lowest BCUT2D eigenvalue weighted by molar-refractivity contribution is 0.0914. The summed E-state index contributed by atoms with van der Waals surface area (Å²) in [6, 6.07) is 6.30. The van der Waals surface area contributed by atoms with E-state index in [9.17, 15) is 9.18 Å². The number of hydrogen-bond acceptors (Lipinski definition) is 4. The minimum Gasteiger partial charge on any atom is -0.450 e. The third-order valence-corrected chi connectivity index (χ3v) is 4.02. The predicted octanol–water partition coefficient (Wildman–Crippen LogP) is 2.55. The van der Waals surface area contributed by atoms with Gasteiger partial charge in [-0.15, -0.1) is 24.0 Å². The molecule has 1 aliphatic heterocycles. The summed E-state index contributed by atoms with van der Waals surface area (Å²) in [5.74, 6) is 0.246. The topological polar surface area (TPSA) is 81.0 Å². The zero-order valence-electron chi connectivity index (χ0n) is 15.6. The Morgan fingerprint density at radius 2 is 1.96 bits per heavy atom. The van der Waals surface area contributed by atoms with Crippen LogP contribution in [0.25, 0.3) is 0 Å². The van der Waals surface area contributed by atoms with Crippen LogP contribution < -0.4 is 5.32 Å². The molecular weight excluding hydrogens is 464 g/mol. The van der Waals surface area contributed by atoms with Crippen molar-refractivity contribution in [3.63, 3.8) is 0 Å². The normalized spacial score (nSPS) is 14.2. The second kappa shape index (κ2) is 11.6. The maximum atomic E-state index is 14.0. The molecule has 1 amide bonds.